The zero-order valence-corrected chi connectivity index (χ0v) is 23.4. The molecule has 7 nitrogen and oxygen atoms in total. The molecule has 3 N–H and O–H groups in total. The summed E-state index contributed by atoms with van der Waals surface area (Å²) in [6, 6.07) is 5.27. The number of urea groups is 1. The lowest BCUT2D eigenvalue weighted by Crippen LogP contribution is -2.43. The molecule has 4 rings (SSSR count). The third-order valence-electron chi connectivity index (χ3n) is 7.14. The molecule has 2 aromatic rings. The fourth-order valence-corrected chi connectivity index (χ4v) is 6.04. The monoisotopic (exact) mass is 618 g/mol. The Balaban J connectivity index is 1.35. The number of carbonyl (C=O) groups is 2. The van der Waals surface area contributed by atoms with Gasteiger partial charge in [0.1, 0.15) is 5.75 Å². The first-order valence-electron chi connectivity index (χ1n) is 12.4. The molecule has 192 valence electrons. The van der Waals surface area contributed by atoms with Gasteiger partial charge >= 0.3 is 6.03 Å². The molecule has 3 amide bonds. The van der Waals surface area contributed by atoms with Crippen molar-refractivity contribution in [2.45, 2.75) is 44.9 Å². The molecule has 1 aromatic heterocycles. The average Bonchev–Trinajstić information content (AvgIpc) is 2.85. The van der Waals surface area contributed by atoms with E-state index in [-0.39, 0.29) is 17.7 Å². The molecular formula is C27H32Br2N4O3. The fourth-order valence-electron chi connectivity index (χ4n) is 5.02. The smallest absolute Gasteiger partial charge is 0.314 e. The highest BCUT2D eigenvalue weighted by Crippen LogP contribution is 2.32. The minimum Gasteiger partial charge on any atom is -0.508 e. The van der Waals surface area contributed by atoms with Crippen LogP contribution in [0.15, 0.2) is 45.1 Å². The van der Waals surface area contributed by atoms with Gasteiger partial charge in [-0.2, -0.15) is 0 Å². The summed E-state index contributed by atoms with van der Waals surface area (Å²) in [6.07, 6.45) is 11.4. The van der Waals surface area contributed by atoms with Gasteiger partial charge in [0.25, 0.3) is 0 Å². The summed E-state index contributed by atoms with van der Waals surface area (Å²) in [7, 11) is 0. The van der Waals surface area contributed by atoms with Crippen molar-refractivity contribution < 1.29 is 14.7 Å². The van der Waals surface area contributed by atoms with Gasteiger partial charge in [-0.3, -0.25) is 9.78 Å². The highest BCUT2D eigenvalue weighted by molar-refractivity contribution is 9.10. The Kier molecular flexibility index (Phi) is 9.06. The highest BCUT2D eigenvalue weighted by atomic mass is 79.9. The summed E-state index contributed by atoms with van der Waals surface area (Å²) in [5.41, 5.74) is 9.97. The lowest BCUT2D eigenvalue weighted by molar-refractivity contribution is -0.132. The minimum absolute atomic E-state index is 0.209. The van der Waals surface area contributed by atoms with Crippen LogP contribution in [0, 0.1) is 5.92 Å². The van der Waals surface area contributed by atoms with Crippen molar-refractivity contribution in [3.05, 3.63) is 61.8 Å². The molecule has 0 bridgehead atoms. The fraction of sp³-hybridized carbons (Fsp3) is 0.444. The average molecular weight is 620 g/mol. The zero-order chi connectivity index (χ0) is 25.7. The van der Waals surface area contributed by atoms with Crippen molar-refractivity contribution >= 4 is 49.9 Å². The van der Waals surface area contributed by atoms with Crippen LogP contribution >= 0.6 is 31.9 Å². The molecule has 2 aliphatic heterocycles. The molecule has 2 aliphatic rings. The Morgan fingerprint density at radius 3 is 2.42 bits per heavy atom. The van der Waals surface area contributed by atoms with Gasteiger partial charge in [-0.1, -0.05) is 27.6 Å². The van der Waals surface area contributed by atoms with Crippen LogP contribution in [0.4, 0.5) is 4.79 Å². The highest BCUT2D eigenvalue weighted by Gasteiger charge is 2.26. The number of aryl methyl sites for hydroxylation is 2. The summed E-state index contributed by atoms with van der Waals surface area (Å²) in [6.45, 7) is 2.73. The number of benzene rings is 1. The van der Waals surface area contributed by atoms with Crippen molar-refractivity contribution in [2.24, 2.45) is 11.7 Å². The zero-order valence-electron chi connectivity index (χ0n) is 20.3. The molecule has 0 unspecified atom stereocenters. The van der Waals surface area contributed by atoms with E-state index in [1.54, 1.807) is 17.2 Å². The molecule has 0 aliphatic carbocycles. The van der Waals surface area contributed by atoms with E-state index in [1.807, 2.05) is 17.2 Å². The molecule has 9 heteroatoms. The first-order valence-corrected chi connectivity index (χ1v) is 14.0. The Morgan fingerprint density at radius 1 is 1.03 bits per heavy atom. The maximum atomic E-state index is 12.9. The number of carbonyl (C=O) groups excluding carboxylic acids is 2. The second-order valence-electron chi connectivity index (χ2n) is 9.67. The van der Waals surface area contributed by atoms with Crippen LogP contribution < -0.4 is 5.73 Å². The molecule has 3 heterocycles. The van der Waals surface area contributed by atoms with E-state index in [9.17, 15) is 14.7 Å². The van der Waals surface area contributed by atoms with Gasteiger partial charge in [0.15, 0.2) is 0 Å². The van der Waals surface area contributed by atoms with Crippen molar-refractivity contribution in [1.29, 1.82) is 0 Å². The Hall–Kier alpha value is -2.39. The van der Waals surface area contributed by atoms with E-state index in [2.05, 4.69) is 49.0 Å². The van der Waals surface area contributed by atoms with Crippen LogP contribution in [0.5, 0.6) is 5.75 Å². The number of hydrogen-bond donors (Lipinski definition) is 2. The molecule has 2 saturated heterocycles. The number of nitrogens with two attached hydrogens (primary N) is 1. The van der Waals surface area contributed by atoms with Crippen LogP contribution in [-0.4, -0.2) is 58.0 Å². The summed E-state index contributed by atoms with van der Waals surface area (Å²) in [4.78, 5) is 32.1. The Labute approximate surface area is 229 Å². The number of phenolic OH excluding ortho intramolecular Hbond substituents is 1. The molecule has 0 radical (unpaired) electrons. The number of amides is 3. The topological polar surface area (TPSA) is 99.8 Å². The first kappa shape index (κ1) is 26.7. The number of halogens is 2. The standard InChI is InChI=1S/C27H32Br2N4O3/c28-22-11-20(16-31-17-22)1-2-21-14-23(34)15-25(29)24(21)12-18-3-7-32(8-4-18)26(35)13-19-5-9-33(10-6-19)27(30)36/h11-12,14-17,19,34H,1-10,13H2,(H2,30,36). The summed E-state index contributed by atoms with van der Waals surface area (Å²) in [5, 5.41) is 10.2. The molecule has 1 aromatic carbocycles. The predicted molar refractivity (Wildman–Crippen MR) is 147 cm³/mol. The van der Waals surface area contributed by atoms with E-state index >= 15 is 0 Å². The minimum atomic E-state index is -0.372. The summed E-state index contributed by atoms with van der Waals surface area (Å²) >= 11 is 7.12. The van der Waals surface area contributed by atoms with Gasteiger partial charge in [-0.05, 0) is 95.3 Å². The van der Waals surface area contributed by atoms with Crippen molar-refractivity contribution in [2.75, 3.05) is 26.2 Å². The molecule has 0 atom stereocenters. The number of aromatic nitrogens is 1. The molecular weight excluding hydrogens is 588 g/mol. The van der Waals surface area contributed by atoms with Gasteiger partial charge in [0.05, 0.1) is 0 Å². The first-order chi connectivity index (χ1) is 17.3. The number of primary amides is 1. The van der Waals surface area contributed by atoms with Crippen LogP contribution in [0.3, 0.4) is 0 Å². The predicted octanol–water partition coefficient (Wildman–Crippen LogP) is 5.28. The van der Waals surface area contributed by atoms with Crippen LogP contribution in [0.1, 0.15) is 48.8 Å². The number of phenols is 1. The van der Waals surface area contributed by atoms with Crippen molar-refractivity contribution in [1.82, 2.24) is 14.8 Å². The SMILES string of the molecule is NC(=O)N1CCC(CC(=O)N2CCC(=Cc3c(Br)cc(O)cc3CCc3cncc(Br)c3)CC2)CC1. The van der Waals surface area contributed by atoms with Gasteiger partial charge in [-0.15, -0.1) is 0 Å². The molecule has 0 saturated carbocycles. The summed E-state index contributed by atoms with van der Waals surface area (Å²) < 4.78 is 1.83. The Bertz CT molecular complexity index is 1140. The van der Waals surface area contributed by atoms with E-state index in [4.69, 9.17) is 5.73 Å². The van der Waals surface area contributed by atoms with E-state index in [0.717, 1.165) is 77.3 Å². The third kappa shape index (κ3) is 7.09. The maximum absolute atomic E-state index is 12.9. The van der Waals surface area contributed by atoms with Crippen LogP contribution in [-0.2, 0) is 17.6 Å². The Morgan fingerprint density at radius 2 is 1.75 bits per heavy atom. The lowest BCUT2D eigenvalue weighted by atomic mass is 9.92. The van der Waals surface area contributed by atoms with E-state index < -0.39 is 0 Å². The van der Waals surface area contributed by atoms with Crippen LogP contribution in [0.2, 0.25) is 0 Å². The molecule has 2 fully saturated rings. The van der Waals surface area contributed by atoms with E-state index in [0.29, 0.717) is 25.4 Å². The second kappa shape index (κ2) is 12.2. The number of rotatable bonds is 6. The largest absolute Gasteiger partial charge is 0.508 e. The molecule has 36 heavy (non-hydrogen) atoms. The number of hydrogen-bond acceptors (Lipinski definition) is 4. The number of likely N-dealkylation sites (tertiary alicyclic amines) is 2. The van der Waals surface area contributed by atoms with Crippen molar-refractivity contribution in [3.63, 3.8) is 0 Å². The quantitative estimate of drug-likeness (QED) is 0.459. The number of pyridine rings is 1. The third-order valence-corrected chi connectivity index (χ3v) is 8.23. The van der Waals surface area contributed by atoms with Gasteiger partial charge in [-0.25, -0.2) is 4.79 Å². The molecule has 0 spiro atoms. The normalized spacial score (nSPS) is 16.8. The maximum Gasteiger partial charge on any atom is 0.314 e. The van der Waals surface area contributed by atoms with E-state index in [1.165, 1.54) is 5.57 Å². The number of aromatic hydroxyl groups is 1. The van der Waals surface area contributed by atoms with Crippen molar-refractivity contribution in [3.8, 4) is 5.75 Å². The summed E-state index contributed by atoms with van der Waals surface area (Å²) in [5.74, 6) is 0.773. The second-order valence-corrected chi connectivity index (χ2v) is 11.4. The number of piperidine rings is 2. The van der Waals surface area contributed by atoms with Gasteiger partial charge < -0.3 is 20.6 Å². The van der Waals surface area contributed by atoms with Gasteiger partial charge in [0, 0.05) is 53.9 Å². The lowest BCUT2D eigenvalue weighted by Gasteiger charge is -2.33. The van der Waals surface area contributed by atoms with Gasteiger partial charge in [0.2, 0.25) is 5.91 Å². The van der Waals surface area contributed by atoms with Crippen LogP contribution in [0.25, 0.3) is 6.08 Å². The number of nitrogens with zero attached hydrogens (tertiary/aromatic N) is 3.